The highest BCUT2D eigenvalue weighted by molar-refractivity contribution is 7.99. The number of thioether (sulfide) groups is 1. The Balaban J connectivity index is 1.63. The van der Waals surface area contributed by atoms with Gasteiger partial charge in [0.2, 0.25) is 0 Å². The third kappa shape index (κ3) is 2.56. The topological polar surface area (TPSA) is 56.5 Å². The highest BCUT2D eigenvalue weighted by Crippen LogP contribution is 2.45. The summed E-state index contributed by atoms with van der Waals surface area (Å²) in [7, 11) is 0. The second kappa shape index (κ2) is 5.67. The van der Waals surface area contributed by atoms with Crippen LogP contribution in [0.1, 0.15) is 32.1 Å². The Morgan fingerprint density at radius 2 is 2.22 bits per heavy atom. The van der Waals surface area contributed by atoms with Gasteiger partial charge in [0, 0.05) is 18.1 Å². The van der Waals surface area contributed by atoms with Gasteiger partial charge in [0.15, 0.2) is 0 Å². The molecule has 5 heteroatoms. The zero-order valence-electron chi connectivity index (χ0n) is 10.9. The molecule has 3 atom stereocenters. The molecule has 0 bridgehead atoms. The first-order valence-electron chi connectivity index (χ1n) is 7.12. The minimum Gasteiger partial charge on any atom is -0.375 e. The SMILES string of the molecule is NNC(C1CCOC2(CCC2)C1)C1CSCCO1. The van der Waals surface area contributed by atoms with Crippen molar-refractivity contribution in [3.63, 3.8) is 0 Å². The van der Waals surface area contributed by atoms with Gasteiger partial charge in [-0.25, -0.2) is 0 Å². The van der Waals surface area contributed by atoms with Gasteiger partial charge in [0.1, 0.15) is 0 Å². The Hall–Kier alpha value is 0.190. The second-order valence-electron chi connectivity index (χ2n) is 5.81. The van der Waals surface area contributed by atoms with Crippen molar-refractivity contribution in [2.75, 3.05) is 24.7 Å². The van der Waals surface area contributed by atoms with Gasteiger partial charge < -0.3 is 9.47 Å². The Labute approximate surface area is 113 Å². The molecule has 1 saturated carbocycles. The third-order valence-electron chi connectivity index (χ3n) is 4.74. The highest BCUT2D eigenvalue weighted by Gasteiger charge is 2.45. The molecule has 2 saturated heterocycles. The van der Waals surface area contributed by atoms with Crippen molar-refractivity contribution in [1.82, 2.24) is 5.43 Å². The molecule has 3 N–H and O–H groups in total. The minimum atomic E-state index is 0.194. The fraction of sp³-hybridized carbons (Fsp3) is 1.00. The summed E-state index contributed by atoms with van der Waals surface area (Å²) >= 11 is 1.98. The maximum Gasteiger partial charge on any atom is 0.0834 e. The minimum absolute atomic E-state index is 0.194. The molecule has 3 fully saturated rings. The van der Waals surface area contributed by atoms with Crippen LogP contribution in [0.25, 0.3) is 0 Å². The molecule has 3 aliphatic rings. The smallest absolute Gasteiger partial charge is 0.0834 e. The van der Waals surface area contributed by atoms with E-state index in [1.165, 1.54) is 19.3 Å². The lowest BCUT2D eigenvalue weighted by Crippen LogP contribution is -2.57. The lowest BCUT2D eigenvalue weighted by molar-refractivity contribution is -0.152. The molecule has 2 aliphatic heterocycles. The lowest BCUT2D eigenvalue weighted by atomic mass is 9.70. The Morgan fingerprint density at radius 3 is 2.83 bits per heavy atom. The van der Waals surface area contributed by atoms with Gasteiger partial charge in [-0.1, -0.05) is 0 Å². The largest absolute Gasteiger partial charge is 0.375 e. The van der Waals surface area contributed by atoms with E-state index in [0.717, 1.165) is 37.6 Å². The van der Waals surface area contributed by atoms with E-state index in [1.54, 1.807) is 0 Å². The first-order valence-corrected chi connectivity index (χ1v) is 8.28. The van der Waals surface area contributed by atoms with Crippen molar-refractivity contribution in [3.05, 3.63) is 0 Å². The van der Waals surface area contributed by atoms with Crippen molar-refractivity contribution in [2.24, 2.45) is 11.8 Å². The molecule has 18 heavy (non-hydrogen) atoms. The van der Waals surface area contributed by atoms with E-state index in [0.29, 0.717) is 12.0 Å². The number of hydrazine groups is 1. The van der Waals surface area contributed by atoms with Gasteiger partial charge >= 0.3 is 0 Å². The second-order valence-corrected chi connectivity index (χ2v) is 6.96. The number of nitrogens with one attached hydrogen (secondary N) is 1. The van der Waals surface area contributed by atoms with Crippen LogP contribution in [0.15, 0.2) is 0 Å². The zero-order valence-corrected chi connectivity index (χ0v) is 11.7. The average molecular weight is 272 g/mol. The molecular formula is C13H24N2O2S. The van der Waals surface area contributed by atoms with E-state index in [-0.39, 0.29) is 11.7 Å². The van der Waals surface area contributed by atoms with E-state index in [9.17, 15) is 0 Å². The summed E-state index contributed by atoms with van der Waals surface area (Å²) in [5, 5.41) is 0. The van der Waals surface area contributed by atoms with Crippen LogP contribution in [0.4, 0.5) is 0 Å². The fourth-order valence-electron chi connectivity index (χ4n) is 3.55. The van der Waals surface area contributed by atoms with Crippen LogP contribution in [0.2, 0.25) is 0 Å². The molecule has 0 aromatic heterocycles. The maximum atomic E-state index is 6.00. The normalized spacial score (nSPS) is 37.2. The van der Waals surface area contributed by atoms with Crippen LogP contribution in [0, 0.1) is 5.92 Å². The predicted molar refractivity (Wildman–Crippen MR) is 73.4 cm³/mol. The number of hydrogen-bond acceptors (Lipinski definition) is 5. The summed E-state index contributed by atoms with van der Waals surface area (Å²) in [6, 6.07) is 0.291. The Bertz CT molecular complexity index is 280. The molecule has 4 nitrogen and oxygen atoms in total. The molecule has 3 unspecified atom stereocenters. The summed E-state index contributed by atoms with van der Waals surface area (Å²) in [6.07, 6.45) is 6.34. The van der Waals surface area contributed by atoms with Crippen molar-refractivity contribution in [3.8, 4) is 0 Å². The van der Waals surface area contributed by atoms with E-state index < -0.39 is 0 Å². The summed E-state index contributed by atoms with van der Waals surface area (Å²) in [5.41, 5.74) is 3.23. The van der Waals surface area contributed by atoms with Crippen LogP contribution >= 0.6 is 11.8 Å². The standard InChI is InChI=1S/C13H24N2O2S/c14-15-12(11-9-18-7-6-16-11)10-2-5-17-13(8-10)3-1-4-13/h10-12,15H,1-9,14H2. The molecule has 0 aromatic carbocycles. The first-order chi connectivity index (χ1) is 8.83. The zero-order chi connectivity index (χ0) is 12.4. The van der Waals surface area contributed by atoms with E-state index in [2.05, 4.69) is 5.43 Å². The quantitative estimate of drug-likeness (QED) is 0.599. The summed E-state index contributed by atoms with van der Waals surface area (Å²) < 4.78 is 11.9. The highest BCUT2D eigenvalue weighted by atomic mass is 32.2. The van der Waals surface area contributed by atoms with Gasteiger partial charge in [-0.2, -0.15) is 11.8 Å². The molecule has 1 aliphatic carbocycles. The number of ether oxygens (including phenoxy) is 2. The van der Waals surface area contributed by atoms with Crippen LogP contribution in [-0.4, -0.2) is 42.5 Å². The number of rotatable bonds is 3. The fourth-order valence-corrected chi connectivity index (χ4v) is 4.47. The van der Waals surface area contributed by atoms with Crippen molar-refractivity contribution >= 4 is 11.8 Å². The van der Waals surface area contributed by atoms with Crippen molar-refractivity contribution in [1.29, 1.82) is 0 Å². The van der Waals surface area contributed by atoms with E-state index in [4.69, 9.17) is 15.3 Å². The van der Waals surface area contributed by atoms with Gasteiger partial charge in [0.05, 0.1) is 24.4 Å². The molecule has 1 spiro atoms. The Kier molecular flexibility index (Phi) is 4.15. The van der Waals surface area contributed by atoms with Crippen LogP contribution in [0.3, 0.4) is 0 Å². The van der Waals surface area contributed by atoms with Crippen molar-refractivity contribution < 1.29 is 9.47 Å². The lowest BCUT2D eigenvalue weighted by Gasteiger charge is -2.49. The van der Waals surface area contributed by atoms with Gasteiger partial charge in [-0.05, 0) is 38.0 Å². The molecule has 104 valence electrons. The predicted octanol–water partition coefficient (Wildman–Crippen LogP) is 1.30. The van der Waals surface area contributed by atoms with Crippen LogP contribution < -0.4 is 11.3 Å². The number of hydrogen-bond donors (Lipinski definition) is 2. The molecule has 0 radical (unpaired) electrons. The molecule has 0 amide bonds. The Morgan fingerprint density at radius 1 is 1.33 bits per heavy atom. The molecule has 3 rings (SSSR count). The van der Waals surface area contributed by atoms with E-state index in [1.807, 2.05) is 11.8 Å². The first kappa shape index (κ1) is 13.2. The summed E-state index contributed by atoms with van der Waals surface area (Å²) in [4.78, 5) is 0. The number of nitrogens with two attached hydrogens (primary N) is 1. The molecule has 2 heterocycles. The van der Waals surface area contributed by atoms with Gasteiger partial charge in [-0.3, -0.25) is 11.3 Å². The third-order valence-corrected chi connectivity index (χ3v) is 5.76. The van der Waals surface area contributed by atoms with Gasteiger partial charge in [-0.15, -0.1) is 0 Å². The van der Waals surface area contributed by atoms with Crippen LogP contribution in [-0.2, 0) is 9.47 Å². The monoisotopic (exact) mass is 272 g/mol. The summed E-state index contributed by atoms with van der Waals surface area (Å²) in [6.45, 7) is 1.75. The average Bonchev–Trinajstić information content (AvgIpc) is 2.39. The van der Waals surface area contributed by atoms with Gasteiger partial charge in [0.25, 0.3) is 0 Å². The summed E-state index contributed by atoms with van der Waals surface area (Å²) in [5.74, 6) is 8.59. The maximum absolute atomic E-state index is 6.00. The molecule has 0 aromatic rings. The van der Waals surface area contributed by atoms with E-state index >= 15 is 0 Å². The van der Waals surface area contributed by atoms with Crippen LogP contribution in [0.5, 0.6) is 0 Å². The van der Waals surface area contributed by atoms with Crippen molar-refractivity contribution in [2.45, 2.75) is 49.9 Å². The molecular weight excluding hydrogens is 248 g/mol.